The summed E-state index contributed by atoms with van der Waals surface area (Å²) in [5.41, 5.74) is 5.92. The molecule has 88 valence electrons. The fourth-order valence-corrected chi connectivity index (χ4v) is 1.35. The van der Waals surface area contributed by atoms with Crippen LogP contribution in [-0.4, -0.2) is 23.6 Å². The summed E-state index contributed by atoms with van der Waals surface area (Å²) in [5.74, 6) is 0.0715. The maximum atomic E-state index is 11.8. The predicted molar refractivity (Wildman–Crippen MR) is 64.4 cm³/mol. The molecule has 0 bridgehead atoms. The van der Waals surface area contributed by atoms with Crippen LogP contribution in [0.4, 0.5) is 5.69 Å². The minimum atomic E-state index is -0.526. The number of nitrogens with two attached hydrogens (primary N) is 1. The first-order valence-electron chi connectivity index (χ1n) is 5.14. The molecular weight excluding hydrogens is 204 g/mol. The van der Waals surface area contributed by atoms with Crippen molar-refractivity contribution < 1.29 is 9.90 Å². The maximum Gasteiger partial charge on any atom is 0.228 e. The summed E-state index contributed by atoms with van der Waals surface area (Å²) in [6.45, 7) is 3.61. The smallest absolute Gasteiger partial charge is 0.228 e. The summed E-state index contributed by atoms with van der Waals surface area (Å²) >= 11 is 0. The lowest BCUT2D eigenvalue weighted by Gasteiger charge is -2.23. The van der Waals surface area contributed by atoms with Crippen LogP contribution in [0.3, 0.4) is 0 Å². The van der Waals surface area contributed by atoms with Gasteiger partial charge in [-0.3, -0.25) is 4.79 Å². The van der Waals surface area contributed by atoms with E-state index in [4.69, 9.17) is 5.73 Å². The van der Waals surface area contributed by atoms with Crippen LogP contribution in [0.2, 0.25) is 0 Å². The zero-order chi connectivity index (χ0) is 12.3. The number of anilines is 1. The third-order valence-electron chi connectivity index (χ3n) is 2.20. The van der Waals surface area contributed by atoms with Crippen molar-refractivity contribution >= 4 is 11.6 Å². The lowest BCUT2D eigenvalue weighted by Crippen LogP contribution is -2.39. The minimum Gasteiger partial charge on any atom is -0.508 e. The van der Waals surface area contributed by atoms with Crippen molar-refractivity contribution in [3.63, 3.8) is 0 Å². The highest BCUT2D eigenvalue weighted by Crippen LogP contribution is 2.20. The molecule has 0 fully saturated rings. The maximum absolute atomic E-state index is 11.8. The van der Waals surface area contributed by atoms with E-state index in [1.54, 1.807) is 45.2 Å². The number of benzene rings is 1. The van der Waals surface area contributed by atoms with Crippen LogP contribution in [0, 0.1) is 0 Å². The first-order valence-corrected chi connectivity index (χ1v) is 5.14. The molecule has 16 heavy (non-hydrogen) atoms. The Morgan fingerprint density at radius 3 is 2.62 bits per heavy atom. The summed E-state index contributed by atoms with van der Waals surface area (Å²) in [7, 11) is 1.67. The van der Waals surface area contributed by atoms with Crippen LogP contribution in [0.5, 0.6) is 5.75 Å². The van der Waals surface area contributed by atoms with E-state index >= 15 is 0 Å². The quantitative estimate of drug-likeness (QED) is 0.814. The standard InChI is InChI=1S/C12H18N2O2/c1-12(2,13)8-11(16)14(3)9-5-4-6-10(15)7-9/h4-7,15H,8,13H2,1-3H3. The van der Waals surface area contributed by atoms with Gasteiger partial charge in [-0.1, -0.05) is 6.07 Å². The Balaban J connectivity index is 2.78. The van der Waals surface area contributed by atoms with E-state index in [0.717, 1.165) is 0 Å². The van der Waals surface area contributed by atoms with E-state index in [2.05, 4.69) is 0 Å². The van der Waals surface area contributed by atoms with Crippen LogP contribution < -0.4 is 10.6 Å². The Morgan fingerprint density at radius 2 is 2.12 bits per heavy atom. The van der Waals surface area contributed by atoms with Gasteiger partial charge in [0, 0.05) is 30.8 Å². The molecule has 1 aromatic carbocycles. The second-order valence-corrected chi connectivity index (χ2v) is 4.64. The Kier molecular flexibility index (Phi) is 3.55. The van der Waals surface area contributed by atoms with Crippen molar-refractivity contribution in [1.29, 1.82) is 0 Å². The first kappa shape index (κ1) is 12.5. The van der Waals surface area contributed by atoms with Crippen molar-refractivity contribution in [3.8, 4) is 5.75 Å². The first-order chi connectivity index (χ1) is 7.29. The number of nitrogens with zero attached hydrogens (tertiary/aromatic N) is 1. The summed E-state index contributed by atoms with van der Waals surface area (Å²) in [5, 5.41) is 9.31. The molecule has 1 rings (SSSR count). The summed E-state index contributed by atoms with van der Waals surface area (Å²) in [4.78, 5) is 13.3. The minimum absolute atomic E-state index is 0.0712. The van der Waals surface area contributed by atoms with E-state index in [1.807, 2.05) is 0 Å². The Bertz CT molecular complexity index is 383. The third-order valence-corrected chi connectivity index (χ3v) is 2.20. The Labute approximate surface area is 95.7 Å². The van der Waals surface area contributed by atoms with Crippen LogP contribution >= 0.6 is 0 Å². The van der Waals surface area contributed by atoms with Gasteiger partial charge in [-0.2, -0.15) is 0 Å². The van der Waals surface area contributed by atoms with Crippen molar-refractivity contribution in [2.75, 3.05) is 11.9 Å². The second kappa shape index (κ2) is 4.53. The van der Waals surface area contributed by atoms with E-state index < -0.39 is 5.54 Å². The lowest BCUT2D eigenvalue weighted by molar-refractivity contribution is -0.119. The molecule has 0 aromatic heterocycles. The molecule has 0 saturated carbocycles. The number of phenolic OH excluding ortho intramolecular Hbond substituents is 1. The fraction of sp³-hybridized carbons (Fsp3) is 0.417. The number of aromatic hydroxyl groups is 1. The zero-order valence-electron chi connectivity index (χ0n) is 9.90. The van der Waals surface area contributed by atoms with Crippen LogP contribution in [0.1, 0.15) is 20.3 Å². The lowest BCUT2D eigenvalue weighted by atomic mass is 10.0. The molecule has 1 amide bonds. The predicted octanol–water partition coefficient (Wildman–Crippen LogP) is 1.48. The third kappa shape index (κ3) is 3.55. The largest absolute Gasteiger partial charge is 0.508 e. The Morgan fingerprint density at radius 1 is 1.50 bits per heavy atom. The van der Waals surface area contributed by atoms with Gasteiger partial charge in [-0.15, -0.1) is 0 Å². The highest BCUT2D eigenvalue weighted by molar-refractivity contribution is 5.93. The van der Waals surface area contributed by atoms with Crippen LogP contribution in [0.15, 0.2) is 24.3 Å². The molecule has 1 aromatic rings. The molecule has 0 aliphatic rings. The Hall–Kier alpha value is -1.55. The SMILES string of the molecule is CN(C(=O)CC(C)(C)N)c1cccc(O)c1. The van der Waals surface area contributed by atoms with Gasteiger partial charge in [0.2, 0.25) is 5.91 Å². The van der Waals surface area contributed by atoms with Crippen molar-refractivity contribution in [2.24, 2.45) is 5.73 Å². The number of rotatable bonds is 3. The number of carbonyl (C=O) groups is 1. The van der Waals surface area contributed by atoms with Gasteiger partial charge in [-0.25, -0.2) is 0 Å². The molecule has 0 unspecified atom stereocenters. The molecule has 0 radical (unpaired) electrons. The number of carbonyl (C=O) groups excluding carboxylic acids is 1. The molecule has 0 aliphatic carbocycles. The molecule has 4 nitrogen and oxygen atoms in total. The average Bonchev–Trinajstić information content (AvgIpc) is 2.14. The topological polar surface area (TPSA) is 66.6 Å². The van der Waals surface area contributed by atoms with Gasteiger partial charge in [-0.05, 0) is 26.0 Å². The van der Waals surface area contributed by atoms with Gasteiger partial charge < -0.3 is 15.7 Å². The monoisotopic (exact) mass is 222 g/mol. The summed E-state index contributed by atoms with van der Waals surface area (Å²) < 4.78 is 0. The molecule has 3 N–H and O–H groups in total. The van der Waals surface area contributed by atoms with Crippen LogP contribution in [0.25, 0.3) is 0 Å². The number of hydrogen-bond acceptors (Lipinski definition) is 3. The van der Waals surface area contributed by atoms with E-state index in [1.165, 1.54) is 4.90 Å². The normalized spacial score (nSPS) is 11.2. The van der Waals surface area contributed by atoms with Crippen molar-refractivity contribution in [2.45, 2.75) is 25.8 Å². The van der Waals surface area contributed by atoms with Gasteiger partial charge in [0.1, 0.15) is 5.75 Å². The number of amides is 1. The molecule has 0 aliphatic heterocycles. The van der Waals surface area contributed by atoms with Gasteiger partial charge in [0.25, 0.3) is 0 Å². The number of phenols is 1. The molecule has 4 heteroatoms. The van der Waals surface area contributed by atoms with Crippen molar-refractivity contribution in [1.82, 2.24) is 0 Å². The molecular formula is C12H18N2O2. The molecule has 0 heterocycles. The van der Waals surface area contributed by atoms with Crippen molar-refractivity contribution in [3.05, 3.63) is 24.3 Å². The van der Waals surface area contributed by atoms with E-state index in [0.29, 0.717) is 5.69 Å². The van der Waals surface area contributed by atoms with Gasteiger partial charge in [0.15, 0.2) is 0 Å². The van der Waals surface area contributed by atoms with Gasteiger partial charge >= 0.3 is 0 Å². The molecule has 0 saturated heterocycles. The highest BCUT2D eigenvalue weighted by Gasteiger charge is 2.20. The highest BCUT2D eigenvalue weighted by atomic mass is 16.3. The van der Waals surface area contributed by atoms with E-state index in [9.17, 15) is 9.90 Å². The summed E-state index contributed by atoms with van der Waals surface area (Å²) in [6, 6.07) is 6.57. The molecule has 0 atom stereocenters. The zero-order valence-corrected chi connectivity index (χ0v) is 9.90. The van der Waals surface area contributed by atoms with Crippen LogP contribution in [-0.2, 0) is 4.79 Å². The average molecular weight is 222 g/mol. The number of hydrogen-bond donors (Lipinski definition) is 2. The fourth-order valence-electron chi connectivity index (χ4n) is 1.35. The molecule has 0 spiro atoms. The second-order valence-electron chi connectivity index (χ2n) is 4.64. The van der Waals surface area contributed by atoms with Gasteiger partial charge in [0.05, 0.1) is 0 Å². The summed E-state index contributed by atoms with van der Waals surface area (Å²) in [6.07, 6.45) is 0.263. The van der Waals surface area contributed by atoms with E-state index in [-0.39, 0.29) is 18.1 Å².